The molecule has 12 heteroatoms. The molecule has 2 unspecified atom stereocenters. The van der Waals surface area contributed by atoms with E-state index in [9.17, 15) is 13.6 Å². The molecule has 1 aliphatic rings. The molecule has 0 aliphatic carbocycles. The number of nitrogens with one attached hydrogen (secondary N) is 1. The number of piperidine rings is 1. The molecule has 0 radical (unpaired) electrons. The number of hydrogen-bond donors (Lipinski definition) is 1. The number of aromatic nitrogens is 6. The topological polar surface area (TPSA) is 102 Å². The number of carbonyl (C=O) groups excluding carboxylic acids is 1. The molecule has 0 aromatic carbocycles. The zero-order valence-corrected chi connectivity index (χ0v) is 18.2. The fraction of sp³-hybridized carbons (Fsp3) is 0.400. The van der Waals surface area contributed by atoms with E-state index in [1.807, 2.05) is 0 Å². The van der Waals surface area contributed by atoms with E-state index in [1.54, 1.807) is 38.6 Å². The zero-order chi connectivity index (χ0) is 22.9. The highest BCUT2D eigenvalue weighted by Crippen LogP contribution is 2.36. The van der Waals surface area contributed by atoms with Crippen molar-refractivity contribution in [3.63, 3.8) is 0 Å². The van der Waals surface area contributed by atoms with Gasteiger partial charge in [0.2, 0.25) is 5.95 Å². The van der Waals surface area contributed by atoms with Crippen molar-refractivity contribution in [2.45, 2.75) is 25.3 Å². The van der Waals surface area contributed by atoms with Crippen LogP contribution in [0.15, 0.2) is 37.1 Å². The Morgan fingerprint density at radius 3 is 2.62 bits per heavy atom. The van der Waals surface area contributed by atoms with Crippen LogP contribution in [-0.2, 0) is 7.05 Å². The third kappa shape index (κ3) is 4.67. The van der Waals surface area contributed by atoms with Crippen LogP contribution >= 0.6 is 11.6 Å². The molecule has 0 spiro atoms. The summed E-state index contributed by atoms with van der Waals surface area (Å²) in [6, 6.07) is 1.11. The fourth-order valence-corrected chi connectivity index (χ4v) is 3.96. The summed E-state index contributed by atoms with van der Waals surface area (Å²) in [6.07, 6.45) is 7.21. The summed E-state index contributed by atoms with van der Waals surface area (Å²) in [7, 11) is 1.65. The molecule has 1 saturated heterocycles. The van der Waals surface area contributed by atoms with E-state index in [-0.39, 0.29) is 18.7 Å². The van der Waals surface area contributed by atoms with Crippen LogP contribution < -0.4 is 5.32 Å². The van der Waals surface area contributed by atoms with Gasteiger partial charge in [-0.05, 0) is 12.0 Å². The summed E-state index contributed by atoms with van der Waals surface area (Å²) >= 11 is 5.81. The van der Waals surface area contributed by atoms with E-state index < -0.39 is 30.3 Å². The average Bonchev–Trinajstić information content (AvgIpc) is 3.15. The molecule has 0 bridgehead atoms. The molecule has 32 heavy (non-hydrogen) atoms. The van der Waals surface area contributed by atoms with Gasteiger partial charge in [-0.2, -0.15) is 5.10 Å². The van der Waals surface area contributed by atoms with Gasteiger partial charge in [0.15, 0.2) is 11.5 Å². The number of rotatable bonds is 5. The standard InChI is InChI=1S/C20H21ClF2N8O/c1-12-6-20(22,23)11-31(15(12)9-28-19-26-7-13(21)8-27-19)18(32)16-14(10-30(2)29-16)17-24-4-3-5-25-17/h3-5,7-8,10,12,15H,6,9,11H2,1-2H3,(H,26,27,28). The Bertz CT molecular complexity index is 1090. The lowest BCUT2D eigenvalue weighted by Gasteiger charge is -2.43. The minimum Gasteiger partial charge on any atom is -0.352 e. The van der Waals surface area contributed by atoms with Crippen molar-refractivity contribution in [2.75, 3.05) is 18.4 Å². The highest BCUT2D eigenvalue weighted by atomic mass is 35.5. The first-order valence-corrected chi connectivity index (χ1v) is 10.3. The first-order valence-electron chi connectivity index (χ1n) is 9.95. The molecule has 3 aromatic rings. The highest BCUT2D eigenvalue weighted by molar-refractivity contribution is 6.30. The maximum absolute atomic E-state index is 14.5. The SMILES string of the molecule is CC1CC(F)(F)CN(C(=O)c2nn(C)cc2-c2ncccn2)C1CNc1ncc(Cl)cn1. The van der Waals surface area contributed by atoms with Crippen molar-refractivity contribution < 1.29 is 13.6 Å². The van der Waals surface area contributed by atoms with Crippen molar-refractivity contribution >= 4 is 23.5 Å². The largest absolute Gasteiger partial charge is 0.352 e. The second-order valence-electron chi connectivity index (χ2n) is 7.78. The molecule has 0 saturated carbocycles. The van der Waals surface area contributed by atoms with E-state index in [1.165, 1.54) is 22.0 Å². The molecule has 4 heterocycles. The minimum atomic E-state index is -3.01. The van der Waals surface area contributed by atoms with Crippen molar-refractivity contribution in [3.05, 3.63) is 47.8 Å². The van der Waals surface area contributed by atoms with Gasteiger partial charge >= 0.3 is 0 Å². The van der Waals surface area contributed by atoms with Crippen LogP contribution in [0.3, 0.4) is 0 Å². The Morgan fingerprint density at radius 2 is 1.94 bits per heavy atom. The van der Waals surface area contributed by atoms with Gasteiger partial charge < -0.3 is 10.2 Å². The van der Waals surface area contributed by atoms with E-state index in [0.717, 1.165) is 0 Å². The predicted octanol–water partition coefficient (Wildman–Crippen LogP) is 2.92. The van der Waals surface area contributed by atoms with Crippen molar-refractivity contribution in [1.82, 2.24) is 34.6 Å². The molecule has 1 amide bonds. The predicted molar refractivity (Wildman–Crippen MR) is 113 cm³/mol. The highest BCUT2D eigenvalue weighted by Gasteiger charge is 2.47. The van der Waals surface area contributed by atoms with Gasteiger partial charge in [-0.15, -0.1) is 0 Å². The van der Waals surface area contributed by atoms with Crippen LogP contribution in [0.25, 0.3) is 11.4 Å². The van der Waals surface area contributed by atoms with Crippen LogP contribution in [0.2, 0.25) is 5.02 Å². The zero-order valence-electron chi connectivity index (χ0n) is 17.4. The molecule has 1 N–H and O–H groups in total. The molecule has 9 nitrogen and oxygen atoms in total. The Labute approximate surface area is 187 Å². The van der Waals surface area contributed by atoms with Gasteiger partial charge in [0.25, 0.3) is 11.8 Å². The summed E-state index contributed by atoms with van der Waals surface area (Å²) < 4.78 is 30.4. The number of amides is 1. The third-order valence-electron chi connectivity index (χ3n) is 5.27. The van der Waals surface area contributed by atoms with Gasteiger partial charge in [-0.25, -0.2) is 28.7 Å². The van der Waals surface area contributed by atoms with Crippen LogP contribution in [0.5, 0.6) is 0 Å². The number of halogens is 3. The third-order valence-corrected chi connectivity index (χ3v) is 5.46. The van der Waals surface area contributed by atoms with Gasteiger partial charge in [0.05, 0.1) is 35.6 Å². The minimum absolute atomic E-state index is 0.0244. The summed E-state index contributed by atoms with van der Waals surface area (Å²) in [4.78, 5) is 31.1. The molecular formula is C20H21ClF2N8O. The number of alkyl halides is 2. The van der Waals surface area contributed by atoms with Crippen molar-refractivity contribution in [1.29, 1.82) is 0 Å². The molecule has 2 atom stereocenters. The lowest BCUT2D eigenvalue weighted by atomic mass is 9.88. The van der Waals surface area contributed by atoms with E-state index in [2.05, 4.69) is 30.4 Å². The maximum Gasteiger partial charge on any atom is 0.275 e. The van der Waals surface area contributed by atoms with Crippen LogP contribution in [-0.4, -0.2) is 65.6 Å². The Balaban J connectivity index is 1.64. The van der Waals surface area contributed by atoms with Crippen LogP contribution in [0, 0.1) is 5.92 Å². The summed E-state index contributed by atoms with van der Waals surface area (Å²) in [5.41, 5.74) is 0.406. The number of likely N-dealkylation sites (tertiary alicyclic amines) is 1. The van der Waals surface area contributed by atoms with Gasteiger partial charge in [-0.1, -0.05) is 18.5 Å². The van der Waals surface area contributed by atoms with E-state index in [0.29, 0.717) is 22.4 Å². The quantitative estimate of drug-likeness (QED) is 0.622. The average molecular weight is 463 g/mol. The molecule has 3 aromatic heterocycles. The first-order chi connectivity index (χ1) is 15.2. The van der Waals surface area contributed by atoms with Crippen molar-refractivity contribution in [2.24, 2.45) is 13.0 Å². The number of hydrogen-bond acceptors (Lipinski definition) is 7. The molecule has 168 valence electrons. The summed E-state index contributed by atoms with van der Waals surface area (Å²) in [6.45, 7) is 1.17. The summed E-state index contributed by atoms with van der Waals surface area (Å²) in [5.74, 6) is -3.51. The monoisotopic (exact) mass is 462 g/mol. The lowest BCUT2D eigenvalue weighted by molar-refractivity contribution is -0.0898. The number of nitrogens with zero attached hydrogens (tertiary/aromatic N) is 7. The molecular weight excluding hydrogens is 442 g/mol. The molecule has 1 aliphatic heterocycles. The Hall–Kier alpha value is -3.21. The van der Waals surface area contributed by atoms with Crippen LogP contribution in [0.4, 0.5) is 14.7 Å². The van der Waals surface area contributed by atoms with Gasteiger partial charge in [0, 0.05) is 38.6 Å². The van der Waals surface area contributed by atoms with E-state index in [4.69, 9.17) is 11.6 Å². The maximum atomic E-state index is 14.5. The Morgan fingerprint density at radius 1 is 1.25 bits per heavy atom. The van der Waals surface area contributed by atoms with Crippen molar-refractivity contribution in [3.8, 4) is 11.4 Å². The smallest absolute Gasteiger partial charge is 0.275 e. The lowest BCUT2D eigenvalue weighted by Crippen LogP contribution is -2.57. The number of aryl methyl sites for hydroxylation is 1. The second kappa shape index (κ2) is 8.73. The molecule has 4 rings (SSSR count). The summed E-state index contributed by atoms with van der Waals surface area (Å²) in [5, 5.41) is 7.63. The van der Waals surface area contributed by atoms with Gasteiger partial charge in [0.1, 0.15) is 0 Å². The number of carbonyl (C=O) groups is 1. The Kier molecular flexibility index (Phi) is 6.00. The number of anilines is 1. The fourth-order valence-electron chi connectivity index (χ4n) is 3.86. The second-order valence-corrected chi connectivity index (χ2v) is 8.22. The van der Waals surface area contributed by atoms with Gasteiger partial charge in [-0.3, -0.25) is 9.48 Å². The van der Waals surface area contributed by atoms with Crippen LogP contribution in [0.1, 0.15) is 23.8 Å². The normalized spacial score (nSPS) is 20.2. The van der Waals surface area contributed by atoms with E-state index >= 15 is 0 Å². The first kappa shape index (κ1) is 22.0. The molecule has 1 fully saturated rings.